The normalized spacial score (nSPS) is 12.9. The lowest BCUT2D eigenvalue weighted by atomic mass is 9.80. The molecule has 0 radical (unpaired) electrons. The van der Waals surface area contributed by atoms with Crippen molar-refractivity contribution in [3.05, 3.63) is 24.3 Å². The van der Waals surface area contributed by atoms with Crippen LogP contribution in [0.1, 0.15) is 41.5 Å². The Hall–Kier alpha value is -2.57. The zero-order valence-corrected chi connectivity index (χ0v) is 15.5. The van der Waals surface area contributed by atoms with Crippen molar-refractivity contribution in [2.45, 2.75) is 47.1 Å². The summed E-state index contributed by atoms with van der Waals surface area (Å²) in [7, 11) is 0. The van der Waals surface area contributed by atoms with E-state index in [1.807, 2.05) is 0 Å². The van der Waals surface area contributed by atoms with E-state index < -0.39 is 34.9 Å². The van der Waals surface area contributed by atoms with Crippen LogP contribution in [0.25, 0.3) is 0 Å². The minimum Gasteiger partial charge on any atom is -0.481 e. The van der Waals surface area contributed by atoms with E-state index in [-0.39, 0.29) is 0 Å². The molecule has 25 heavy (non-hydrogen) atoms. The van der Waals surface area contributed by atoms with Gasteiger partial charge in [-0.2, -0.15) is 0 Å². The van der Waals surface area contributed by atoms with Crippen molar-refractivity contribution in [3.8, 4) is 0 Å². The summed E-state index contributed by atoms with van der Waals surface area (Å²) in [6, 6.07) is 6.33. The summed E-state index contributed by atoms with van der Waals surface area (Å²) >= 11 is 0. The van der Waals surface area contributed by atoms with Gasteiger partial charge in [0.05, 0.1) is 0 Å². The molecular weight excluding hydrogens is 324 g/mol. The molecule has 1 unspecified atom stereocenters. The van der Waals surface area contributed by atoms with Crippen molar-refractivity contribution in [2.24, 2.45) is 11.3 Å². The van der Waals surface area contributed by atoms with Crippen molar-refractivity contribution < 1.29 is 24.2 Å². The van der Waals surface area contributed by atoms with E-state index in [4.69, 9.17) is 4.74 Å². The van der Waals surface area contributed by atoms with Crippen LogP contribution in [0, 0.1) is 11.3 Å². The van der Waals surface area contributed by atoms with E-state index in [0.29, 0.717) is 11.4 Å². The predicted octanol–water partition coefficient (Wildman–Crippen LogP) is 3.72. The van der Waals surface area contributed by atoms with Gasteiger partial charge in [-0.1, -0.05) is 20.8 Å². The van der Waals surface area contributed by atoms with Gasteiger partial charge in [0.2, 0.25) is 5.91 Å². The van der Waals surface area contributed by atoms with Crippen LogP contribution in [0.2, 0.25) is 0 Å². The lowest BCUT2D eigenvalue weighted by Crippen LogP contribution is -2.39. The molecule has 1 aromatic carbocycles. The molecule has 1 rings (SSSR count). The maximum Gasteiger partial charge on any atom is 0.412 e. The van der Waals surface area contributed by atoms with E-state index in [1.165, 1.54) is 0 Å². The van der Waals surface area contributed by atoms with Crippen LogP contribution < -0.4 is 10.6 Å². The molecule has 7 heteroatoms. The number of carbonyl (C=O) groups is 3. The van der Waals surface area contributed by atoms with Gasteiger partial charge in [-0.05, 0) is 50.5 Å². The van der Waals surface area contributed by atoms with Crippen LogP contribution >= 0.6 is 0 Å². The fraction of sp³-hybridized carbons (Fsp3) is 0.500. The van der Waals surface area contributed by atoms with Crippen molar-refractivity contribution in [2.75, 3.05) is 10.6 Å². The number of carbonyl (C=O) groups excluding carboxylic acids is 2. The second-order valence-electron chi connectivity index (χ2n) is 7.83. The second kappa shape index (κ2) is 7.55. The Bertz CT molecular complexity index is 639. The van der Waals surface area contributed by atoms with Gasteiger partial charge in [0, 0.05) is 11.4 Å². The van der Waals surface area contributed by atoms with Gasteiger partial charge in [-0.3, -0.25) is 14.9 Å². The average Bonchev–Trinajstić information content (AvgIpc) is 2.36. The first-order valence-corrected chi connectivity index (χ1v) is 7.93. The quantitative estimate of drug-likeness (QED) is 0.718. The highest BCUT2D eigenvalue weighted by atomic mass is 16.6. The molecule has 0 heterocycles. The zero-order valence-electron chi connectivity index (χ0n) is 15.5. The highest BCUT2D eigenvalue weighted by molar-refractivity contribution is 6.05. The molecule has 1 aromatic rings. The van der Waals surface area contributed by atoms with E-state index in [1.54, 1.807) is 65.8 Å². The number of rotatable bonds is 4. The van der Waals surface area contributed by atoms with E-state index in [9.17, 15) is 19.5 Å². The Kier molecular flexibility index (Phi) is 6.18. The monoisotopic (exact) mass is 350 g/mol. The number of ether oxygens (including phenoxy) is 1. The molecule has 0 aliphatic heterocycles. The number of hydrogen-bond acceptors (Lipinski definition) is 4. The number of aliphatic carboxylic acids is 1. The molecule has 0 bridgehead atoms. The van der Waals surface area contributed by atoms with Crippen LogP contribution in [0.5, 0.6) is 0 Å². The smallest absolute Gasteiger partial charge is 0.412 e. The molecule has 138 valence electrons. The fourth-order valence-corrected chi connectivity index (χ4v) is 2.15. The van der Waals surface area contributed by atoms with Crippen LogP contribution in [0.3, 0.4) is 0 Å². The largest absolute Gasteiger partial charge is 0.481 e. The lowest BCUT2D eigenvalue weighted by Gasteiger charge is -2.25. The number of hydrogen-bond donors (Lipinski definition) is 3. The van der Waals surface area contributed by atoms with Gasteiger partial charge in [0.15, 0.2) is 0 Å². The van der Waals surface area contributed by atoms with Gasteiger partial charge in [0.25, 0.3) is 0 Å². The standard InChI is InChI=1S/C18H26N2O5/c1-17(2,3)13(15(22)23)14(21)19-11-7-9-12(10-8-11)20-16(24)25-18(4,5)6/h7-10,13H,1-6H3,(H,19,21)(H,20,24)(H,22,23). The van der Waals surface area contributed by atoms with Crippen LogP contribution in [-0.2, 0) is 14.3 Å². The number of carboxylic acid groups (broad SMARTS) is 1. The number of carboxylic acids is 1. The number of anilines is 2. The van der Waals surface area contributed by atoms with Gasteiger partial charge in [-0.15, -0.1) is 0 Å². The SMILES string of the molecule is CC(C)(C)OC(=O)Nc1ccc(NC(=O)C(C(=O)O)C(C)(C)C)cc1. The number of amides is 2. The van der Waals surface area contributed by atoms with Crippen molar-refractivity contribution in [1.82, 2.24) is 0 Å². The lowest BCUT2D eigenvalue weighted by molar-refractivity contribution is -0.149. The van der Waals surface area contributed by atoms with Crippen molar-refractivity contribution in [3.63, 3.8) is 0 Å². The minimum atomic E-state index is -1.17. The van der Waals surface area contributed by atoms with Crippen molar-refractivity contribution in [1.29, 1.82) is 0 Å². The highest BCUT2D eigenvalue weighted by Gasteiger charge is 2.37. The fourth-order valence-electron chi connectivity index (χ4n) is 2.15. The van der Waals surface area contributed by atoms with Crippen molar-refractivity contribution >= 4 is 29.3 Å². The average molecular weight is 350 g/mol. The van der Waals surface area contributed by atoms with Gasteiger partial charge >= 0.3 is 12.1 Å². The summed E-state index contributed by atoms with van der Waals surface area (Å²) in [6.07, 6.45) is -0.581. The van der Waals surface area contributed by atoms with Crippen LogP contribution in [0.15, 0.2) is 24.3 Å². The Balaban J connectivity index is 2.75. The summed E-state index contributed by atoms with van der Waals surface area (Å²) < 4.78 is 5.15. The predicted molar refractivity (Wildman–Crippen MR) is 95.5 cm³/mol. The highest BCUT2D eigenvalue weighted by Crippen LogP contribution is 2.27. The second-order valence-corrected chi connectivity index (χ2v) is 7.83. The molecule has 2 amide bonds. The third-order valence-electron chi connectivity index (χ3n) is 3.17. The Labute approximate surface area is 147 Å². The minimum absolute atomic E-state index is 0.440. The number of nitrogens with one attached hydrogen (secondary N) is 2. The van der Waals surface area contributed by atoms with E-state index in [0.717, 1.165) is 0 Å². The molecule has 0 saturated heterocycles. The zero-order chi connectivity index (χ0) is 19.4. The van der Waals surface area contributed by atoms with E-state index in [2.05, 4.69) is 10.6 Å². The molecule has 0 spiro atoms. The molecule has 0 aromatic heterocycles. The third-order valence-corrected chi connectivity index (χ3v) is 3.17. The first kappa shape index (κ1) is 20.5. The third kappa shape index (κ3) is 6.82. The topological polar surface area (TPSA) is 105 Å². The molecule has 3 N–H and O–H groups in total. The molecule has 0 saturated carbocycles. The maximum absolute atomic E-state index is 12.2. The molecule has 0 fully saturated rings. The Morgan fingerprint density at radius 1 is 0.920 bits per heavy atom. The van der Waals surface area contributed by atoms with Crippen LogP contribution in [0.4, 0.5) is 16.2 Å². The van der Waals surface area contributed by atoms with Gasteiger partial charge in [-0.25, -0.2) is 4.79 Å². The molecule has 7 nitrogen and oxygen atoms in total. The maximum atomic E-state index is 12.2. The molecule has 0 aliphatic rings. The Morgan fingerprint density at radius 2 is 1.36 bits per heavy atom. The summed E-state index contributed by atoms with van der Waals surface area (Å²) in [4.78, 5) is 35.3. The summed E-state index contributed by atoms with van der Waals surface area (Å²) in [5, 5.41) is 14.4. The van der Waals surface area contributed by atoms with Gasteiger partial charge < -0.3 is 15.2 Å². The molecule has 0 aliphatic carbocycles. The first-order chi connectivity index (χ1) is 11.3. The van der Waals surface area contributed by atoms with E-state index >= 15 is 0 Å². The Morgan fingerprint density at radius 3 is 1.72 bits per heavy atom. The summed E-state index contributed by atoms with van der Waals surface area (Å²) in [6.45, 7) is 10.4. The summed E-state index contributed by atoms with van der Waals surface area (Å²) in [5.74, 6) is -2.94. The van der Waals surface area contributed by atoms with Crippen LogP contribution in [-0.4, -0.2) is 28.7 Å². The summed E-state index contributed by atoms with van der Waals surface area (Å²) in [5.41, 5.74) is -0.377. The first-order valence-electron chi connectivity index (χ1n) is 7.93. The molecular formula is C18H26N2O5. The number of benzene rings is 1. The molecule has 1 atom stereocenters. The van der Waals surface area contributed by atoms with Gasteiger partial charge in [0.1, 0.15) is 11.5 Å².